The molecule has 0 unspecified atom stereocenters. The van der Waals surface area contributed by atoms with E-state index in [2.05, 4.69) is 24.3 Å². The highest BCUT2D eigenvalue weighted by Crippen LogP contribution is 2.23. The second kappa shape index (κ2) is 6.19. The number of hydrogen-bond donors (Lipinski definition) is 1. The molecule has 17 heavy (non-hydrogen) atoms. The first-order valence-electron chi connectivity index (χ1n) is 5.55. The second-order valence-electron chi connectivity index (χ2n) is 4.06. The predicted octanol–water partition coefficient (Wildman–Crippen LogP) is 1.10. The van der Waals surface area contributed by atoms with Crippen LogP contribution in [-0.4, -0.2) is 33.9 Å². The summed E-state index contributed by atoms with van der Waals surface area (Å²) in [5.74, 6) is 0.0852. The van der Waals surface area contributed by atoms with Crippen LogP contribution in [0, 0.1) is 10.1 Å². The van der Waals surface area contributed by atoms with Gasteiger partial charge in [-0.15, -0.1) is 5.10 Å². The highest BCUT2D eigenvalue weighted by atomic mass is 16.6. The van der Waals surface area contributed by atoms with Gasteiger partial charge in [0.15, 0.2) is 0 Å². The molecule has 0 radical (unpaired) electrons. The van der Waals surface area contributed by atoms with Gasteiger partial charge in [-0.2, -0.15) is 0 Å². The molecule has 96 valence electrons. The van der Waals surface area contributed by atoms with Crippen molar-refractivity contribution in [1.29, 1.82) is 0 Å². The van der Waals surface area contributed by atoms with E-state index in [1.807, 2.05) is 0 Å². The molecule has 1 aromatic rings. The van der Waals surface area contributed by atoms with E-state index in [0.717, 1.165) is 13.0 Å². The molecule has 0 aliphatic rings. The molecule has 1 rings (SSSR count). The van der Waals surface area contributed by atoms with Crippen LogP contribution in [0.3, 0.4) is 0 Å². The minimum atomic E-state index is -0.491. The van der Waals surface area contributed by atoms with Gasteiger partial charge in [0.2, 0.25) is 0 Å². The monoisotopic (exact) mass is 242 g/mol. The minimum absolute atomic E-state index is 0.0852. The lowest BCUT2D eigenvalue weighted by Crippen LogP contribution is -2.24. The molecule has 1 aromatic heterocycles. The number of rotatable bonds is 7. The molecule has 0 aliphatic heterocycles. The summed E-state index contributed by atoms with van der Waals surface area (Å²) in [5, 5.41) is 17.8. The fourth-order valence-corrected chi connectivity index (χ4v) is 1.32. The van der Waals surface area contributed by atoms with Crippen LogP contribution in [0.4, 0.5) is 5.69 Å². The van der Waals surface area contributed by atoms with Crippen LogP contribution in [0.1, 0.15) is 20.3 Å². The lowest BCUT2D eigenvalue weighted by Gasteiger charge is -2.07. The zero-order valence-corrected chi connectivity index (χ0v) is 10.3. The molecule has 7 nitrogen and oxygen atoms in total. The van der Waals surface area contributed by atoms with E-state index in [0.29, 0.717) is 12.6 Å². The highest BCUT2D eigenvalue weighted by molar-refractivity contribution is 5.38. The lowest BCUT2D eigenvalue weighted by molar-refractivity contribution is -0.386. The number of nitro groups is 1. The average molecular weight is 242 g/mol. The maximum absolute atomic E-state index is 10.7. The molecular formula is C10H18N4O3. The van der Waals surface area contributed by atoms with Crippen molar-refractivity contribution in [1.82, 2.24) is 15.1 Å². The molecule has 0 saturated heterocycles. The van der Waals surface area contributed by atoms with Crippen LogP contribution in [0.2, 0.25) is 0 Å². The Morgan fingerprint density at radius 3 is 2.94 bits per heavy atom. The molecule has 0 aromatic carbocycles. The molecule has 0 bridgehead atoms. The smallest absolute Gasteiger partial charge is 0.350 e. The largest absolute Gasteiger partial charge is 0.472 e. The van der Waals surface area contributed by atoms with Crippen LogP contribution >= 0.6 is 0 Å². The number of aromatic nitrogens is 2. The maximum atomic E-state index is 10.7. The Hall–Kier alpha value is -1.63. The number of aryl methyl sites for hydroxylation is 1. The standard InChI is InChI=1S/C10H18N4O3/c1-8(2)11-5-4-6-17-10-9(14(15)16)7-13(3)12-10/h7-8,11H,4-6H2,1-3H3. The Labute approximate surface area is 99.9 Å². The van der Waals surface area contributed by atoms with E-state index in [-0.39, 0.29) is 11.6 Å². The van der Waals surface area contributed by atoms with Crippen LogP contribution in [0.15, 0.2) is 6.20 Å². The predicted molar refractivity (Wildman–Crippen MR) is 63.1 cm³/mol. The summed E-state index contributed by atoms with van der Waals surface area (Å²) < 4.78 is 6.66. The fraction of sp³-hybridized carbons (Fsp3) is 0.700. The Morgan fingerprint density at radius 2 is 2.35 bits per heavy atom. The molecule has 1 N–H and O–H groups in total. The van der Waals surface area contributed by atoms with E-state index in [1.54, 1.807) is 7.05 Å². The normalized spacial score (nSPS) is 10.8. The Kier molecular flexibility index (Phi) is 4.89. The van der Waals surface area contributed by atoms with Gasteiger partial charge in [0.1, 0.15) is 6.20 Å². The molecule has 1 heterocycles. The summed E-state index contributed by atoms with van der Waals surface area (Å²) in [6.07, 6.45) is 2.12. The Bertz CT molecular complexity index is 376. The van der Waals surface area contributed by atoms with Gasteiger partial charge in [-0.05, 0) is 13.0 Å². The van der Waals surface area contributed by atoms with Crippen molar-refractivity contribution < 1.29 is 9.66 Å². The van der Waals surface area contributed by atoms with E-state index in [4.69, 9.17) is 4.74 Å². The maximum Gasteiger partial charge on any atom is 0.350 e. The summed E-state index contributed by atoms with van der Waals surface area (Å²) >= 11 is 0. The minimum Gasteiger partial charge on any atom is -0.472 e. The van der Waals surface area contributed by atoms with Crippen molar-refractivity contribution in [2.75, 3.05) is 13.2 Å². The average Bonchev–Trinajstić information content (AvgIpc) is 2.59. The zero-order valence-electron chi connectivity index (χ0n) is 10.3. The van der Waals surface area contributed by atoms with Crippen molar-refractivity contribution in [3.8, 4) is 5.88 Å². The first kappa shape index (κ1) is 13.4. The van der Waals surface area contributed by atoms with Gasteiger partial charge in [0, 0.05) is 13.1 Å². The first-order chi connectivity index (χ1) is 8.00. The van der Waals surface area contributed by atoms with Crippen molar-refractivity contribution in [3.63, 3.8) is 0 Å². The summed E-state index contributed by atoms with van der Waals surface area (Å²) in [5.41, 5.74) is -0.0932. The first-order valence-corrected chi connectivity index (χ1v) is 5.55. The molecular weight excluding hydrogens is 224 g/mol. The van der Waals surface area contributed by atoms with Gasteiger partial charge in [0.25, 0.3) is 0 Å². The third kappa shape index (κ3) is 4.39. The van der Waals surface area contributed by atoms with Crippen LogP contribution < -0.4 is 10.1 Å². The van der Waals surface area contributed by atoms with E-state index < -0.39 is 4.92 Å². The van der Waals surface area contributed by atoms with E-state index in [1.165, 1.54) is 10.9 Å². The Balaban J connectivity index is 2.38. The van der Waals surface area contributed by atoms with Gasteiger partial charge >= 0.3 is 11.6 Å². The van der Waals surface area contributed by atoms with Gasteiger partial charge in [0.05, 0.1) is 11.5 Å². The van der Waals surface area contributed by atoms with Crippen molar-refractivity contribution in [2.45, 2.75) is 26.3 Å². The molecule has 0 atom stereocenters. The topological polar surface area (TPSA) is 82.2 Å². The molecule has 0 amide bonds. The second-order valence-corrected chi connectivity index (χ2v) is 4.06. The summed E-state index contributed by atoms with van der Waals surface area (Å²) in [4.78, 5) is 10.2. The molecule has 7 heteroatoms. The van der Waals surface area contributed by atoms with Gasteiger partial charge in [-0.25, -0.2) is 0 Å². The van der Waals surface area contributed by atoms with Gasteiger partial charge < -0.3 is 10.1 Å². The molecule has 0 spiro atoms. The number of ether oxygens (including phenoxy) is 1. The summed E-state index contributed by atoms with van der Waals surface area (Å²) in [7, 11) is 1.63. The number of hydrogen-bond acceptors (Lipinski definition) is 5. The van der Waals surface area contributed by atoms with Crippen LogP contribution in [0.5, 0.6) is 5.88 Å². The van der Waals surface area contributed by atoms with Crippen LogP contribution in [-0.2, 0) is 7.05 Å². The highest BCUT2D eigenvalue weighted by Gasteiger charge is 2.19. The SMILES string of the molecule is CC(C)NCCCOc1nn(C)cc1[N+](=O)[O-]. The molecule has 0 fully saturated rings. The van der Waals surface area contributed by atoms with Crippen LogP contribution in [0.25, 0.3) is 0 Å². The van der Waals surface area contributed by atoms with Crippen molar-refractivity contribution in [3.05, 3.63) is 16.3 Å². The third-order valence-corrected chi connectivity index (χ3v) is 2.09. The number of nitrogens with zero attached hydrogens (tertiary/aromatic N) is 3. The lowest BCUT2D eigenvalue weighted by atomic mass is 10.3. The van der Waals surface area contributed by atoms with E-state index >= 15 is 0 Å². The Morgan fingerprint density at radius 1 is 1.65 bits per heavy atom. The van der Waals surface area contributed by atoms with E-state index in [9.17, 15) is 10.1 Å². The molecule has 0 aliphatic carbocycles. The van der Waals surface area contributed by atoms with Gasteiger partial charge in [-0.3, -0.25) is 14.8 Å². The van der Waals surface area contributed by atoms with Crippen molar-refractivity contribution >= 4 is 5.69 Å². The van der Waals surface area contributed by atoms with Crippen molar-refractivity contribution in [2.24, 2.45) is 7.05 Å². The van der Waals surface area contributed by atoms with Gasteiger partial charge in [-0.1, -0.05) is 13.8 Å². The summed E-state index contributed by atoms with van der Waals surface area (Å²) in [6, 6.07) is 0.430. The quantitative estimate of drug-likeness (QED) is 0.440. The molecule has 0 saturated carbocycles. The fourth-order valence-electron chi connectivity index (χ4n) is 1.32. The zero-order chi connectivity index (χ0) is 12.8. The third-order valence-electron chi connectivity index (χ3n) is 2.09. The summed E-state index contributed by atoms with van der Waals surface area (Å²) in [6.45, 7) is 5.35. The number of nitrogens with one attached hydrogen (secondary N) is 1.